The molecule has 0 atom stereocenters. The molecule has 1 aromatic rings. The molecule has 0 spiro atoms. The first-order valence-electron chi connectivity index (χ1n) is 6.74. The van der Waals surface area contributed by atoms with Gasteiger partial charge in [-0.3, -0.25) is 4.57 Å². The Morgan fingerprint density at radius 3 is 2.65 bits per heavy atom. The summed E-state index contributed by atoms with van der Waals surface area (Å²) < 4.78 is 3.07. The summed E-state index contributed by atoms with van der Waals surface area (Å²) in [4.78, 5) is 2.41. The summed E-state index contributed by atoms with van der Waals surface area (Å²) in [5.74, 6) is 1.08. The predicted octanol–water partition coefficient (Wildman–Crippen LogP) is 3.04. The van der Waals surface area contributed by atoms with E-state index >= 15 is 0 Å². The lowest BCUT2D eigenvalue weighted by atomic mass is 10.2. The minimum atomic E-state index is 0.573. The minimum Gasteiger partial charge on any atom is -0.338 e. The zero-order chi connectivity index (χ0) is 11.8. The lowest BCUT2D eigenvalue weighted by Crippen LogP contribution is -2.29. The molecule has 0 radical (unpaired) electrons. The van der Waals surface area contributed by atoms with Crippen molar-refractivity contribution in [3.63, 3.8) is 0 Å². The number of aromatic amines is 1. The Balaban J connectivity index is 1.95. The Bertz CT molecular complexity index is 440. The second-order valence-corrected chi connectivity index (χ2v) is 5.54. The lowest BCUT2D eigenvalue weighted by Gasteiger charge is -2.24. The summed E-state index contributed by atoms with van der Waals surface area (Å²) in [7, 11) is 0. The smallest absolute Gasteiger partial charge is 0.226 e. The van der Waals surface area contributed by atoms with Crippen molar-refractivity contribution in [2.75, 3.05) is 11.4 Å². The number of H-pyrrole nitrogens is 1. The normalized spacial score (nSPS) is 21.0. The third kappa shape index (κ3) is 2.01. The van der Waals surface area contributed by atoms with Gasteiger partial charge < -0.3 is 4.90 Å². The maximum Gasteiger partial charge on any atom is 0.226 e. The van der Waals surface area contributed by atoms with Crippen LogP contribution in [0.3, 0.4) is 0 Å². The number of nitrogens with one attached hydrogen (secondary N) is 1. The van der Waals surface area contributed by atoms with Crippen molar-refractivity contribution in [2.45, 2.75) is 57.5 Å². The highest BCUT2D eigenvalue weighted by atomic mass is 32.1. The van der Waals surface area contributed by atoms with Crippen LogP contribution in [0.5, 0.6) is 0 Å². The van der Waals surface area contributed by atoms with Gasteiger partial charge in [-0.15, -0.1) is 5.10 Å². The molecular weight excluding hydrogens is 232 g/mol. The fraction of sp³-hybridized carbons (Fsp3) is 0.833. The molecule has 1 heterocycles. The van der Waals surface area contributed by atoms with Crippen molar-refractivity contribution < 1.29 is 0 Å². The van der Waals surface area contributed by atoms with E-state index in [4.69, 9.17) is 12.2 Å². The molecule has 1 aromatic heterocycles. The summed E-state index contributed by atoms with van der Waals surface area (Å²) in [6, 6.07) is 1.27. The van der Waals surface area contributed by atoms with Crippen molar-refractivity contribution in [1.29, 1.82) is 0 Å². The molecule has 2 aliphatic carbocycles. The van der Waals surface area contributed by atoms with E-state index in [0.717, 1.165) is 17.3 Å². The fourth-order valence-corrected chi connectivity index (χ4v) is 3.22. The molecule has 2 fully saturated rings. The number of rotatable bonds is 4. The Morgan fingerprint density at radius 1 is 1.35 bits per heavy atom. The van der Waals surface area contributed by atoms with Crippen LogP contribution in [0.25, 0.3) is 0 Å². The molecule has 2 aliphatic rings. The van der Waals surface area contributed by atoms with Gasteiger partial charge in [0.2, 0.25) is 5.95 Å². The van der Waals surface area contributed by atoms with Crippen molar-refractivity contribution in [1.82, 2.24) is 14.8 Å². The van der Waals surface area contributed by atoms with Gasteiger partial charge in [-0.1, -0.05) is 12.8 Å². The highest BCUT2D eigenvalue weighted by Crippen LogP contribution is 2.36. The number of aromatic nitrogens is 3. The molecule has 5 heteroatoms. The Morgan fingerprint density at radius 2 is 2.06 bits per heavy atom. The minimum absolute atomic E-state index is 0.573. The maximum absolute atomic E-state index is 5.40. The van der Waals surface area contributed by atoms with Crippen LogP contribution in [-0.2, 0) is 0 Å². The van der Waals surface area contributed by atoms with E-state index < -0.39 is 0 Å². The SMILES string of the molecule is CCN(c1n[nH]c(=S)n1C1CCCC1)C1CC1. The van der Waals surface area contributed by atoms with E-state index in [-0.39, 0.29) is 0 Å². The standard InChI is InChI=1S/C12H20N4S/c1-2-15(9-7-8-9)11-13-14-12(17)16(11)10-5-3-4-6-10/h9-10H,2-8H2,1H3,(H,14,17). The average molecular weight is 252 g/mol. The molecule has 3 rings (SSSR count). The van der Waals surface area contributed by atoms with Gasteiger partial charge >= 0.3 is 0 Å². The molecule has 94 valence electrons. The maximum atomic E-state index is 5.40. The first-order chi connectivity index (χ1) is 8.31. The first-order valence-corrected chi connectivity index (χ1v) is 7.15. The average Bonchev–Trinajstić information content (AvgIpc) is 2.87. The van der Waals surface area contributed by atoms with Crippen LogP contribution in [0.15, 0.2) is 0 Å². The lowest BCUT2D eigenvalue weighted by molar-refractivity contribution is 0.506. The van der Waals surface area contributed by atoms with Gasteiger partial charge in [0.25, 0.3) is 0 Å². The van der Waals surface area contributed by atoms with Crippen LogP contribution in [0.4, 0.5) is 5.95 Å². The van der Waals surface area contributed by atoms with Gasteiger partial charge in [-0.25, -0.2) is 5.10 Å². The van der Waals surface area contributed by atoms with Crippen LogP contribution in [0.2, 0.25) is 0 Å². The predicted molar refractivity (Wildman–Crippen MR) is 71.0 cm³/mol. The number of hydrogen-bond acceptors (Lipinski definition) is 3. The molecule has 2 saturated carbocycles. The van der Waals surface area contributed by atoms with Gasteiger partial charge in [0.15, 0.2) is 4.77 Å². The first kappa shape index (κ1) is 11.3. The third-order valence-electron chi connectivity index (χ3n) is 3.96. The van der Waals surface area contributed by atoms with Crippen molar-refractivity contribution >= 4 is 18.2 Å². The summed E-state index contributed by atoms with van der Waals surface area (Å²) in [5.41, 5.74) is 0. The largest absolute Gasteiger partial charge is 0.338 e. The van der Waals surface area contributed by atoms with Crippen LogP contribution in [0, 0.1) is 4.77 Å². The molecule has 17 heavy (non-hydrogen) atoms. The van der Waals surface area contributed by atoms with Crippen LogP contribution < -0.4 is 4.90 Å². The Kier molecular flexibility index (Phi) is 2.94. The van der Waals surface area contributed by atoms with Gasteiger partial charge in [0, 0.05) is 18.6 Å². The van der Waals surface area contributed by atoms with Gasteiger partial charge in [-0.05, 0) is 44.8 Å². The van der Waals surface area contributed by atoms with E-state index in [9.17, 15) is 0 Å². The Hall–Kier alpha value is -0.840. The zero-order valence-electron chi connectivity index (χ0n) is 10.4. The summed E-state index contributed by atoms with van der Waals surface area (Å²) in [5, 5.41) is 7.45. The fourth-order valence-electron chi connectivity index (χ4n) is 2.94. The molecule has 0 aromatic carbocycles. The monoisotopic (exact) mass is 252 g/mol. The van der Waals surface area contributed by atoms with Crippen molar-refractivity contribution in [2.24, 2.45) is 0 Å². The Labute approximate surface area is 107 Å². The topological polar surface area (TPSA) is 36.9 Å². The van der Waals surface area contributed by atoms with Gasteiger partial charge in [0.05, 0.1) is 0 Å². The van der Waals surface area contributed by atoms with Crippen LogP contribution in [0.1, 0.15) is 51.5 Å². The number of hydrogen-bond donors (Lipinski definition) is 1. The van der Waals surface area contributed by atoms with E-state index in [1.807, 2.05) is 0 Å². The molecule has 0 bridgehead atoms. The quantitative estimate of drug-likeness (QED) is 0.837. The van der Waals surface area contributed by atoms with Gasteiger partial charge in [0.1, 0.15) is 0 Å². The molecule has 1 N–H and O–H groups in total. The van der Waals surface area contributed by atoms with Crippen LogP contribution >= 0.6 is 12.2 Å². The second-order valence-electron chi connectivity index (χ2n) is 5.15. The molecular formula is C12H20N4S. The van der Waals surface area contributed by atoms with Crippen molar-refractivity contribution in [3.05, 3.63) is 4.77 Å². The highest BCUT2D eigenvalue weighted by molar-refractivity contribution is 7.71. The van der Waals surface area contributed by atoms with E-state index in [0.29, 0.717) is 12.1 Å². The van der Waals surface area contributed by atoms with E-state index in [2.05, 4.69) is 26.6 Å². The second kappa shape index (κ2) is 4.44. The van der Waals surface area contributed by atoms with Crippen LogP contribution in [-0.4, -0.2) is 27.4 Å². The highest BCUT2D eigenvalue weighted by Gasteiger charge is 2.32. The number of nitrogens with zero attached hydrogens (tertiary/aromatic N) is 3. The summed E-state index contributed by atoms with van der Waals surface area (Å²) in [6.45, 7) is 3.23. The molecule has 0 unspecified atom stereocenters. The molecule has 0 amide bonds. The molecule has 4 nitrogen and oxygen atoms in total. The molecule has 0 aliphatic heterocycles. The van der Waals surface area contributed by atoms with Crippen molar-refractivity contribution in [3.8, 4) is 0 Å². The molecule has 0 saturated heterocycles. The third-order valence-corrected chi connectivity index (χ3v) is 4.25. The number of anilines is 1. The van der Waals surface area contributed by atoms with Gasteiger partial charge in [-0.2, -0.15) is 0 Å². The van der Waals surface area contributed by atoms with E-state index in [1.165, 1.54) is 38.5 Å². The zero-order valence-corrected chi connectivity index (χ0v) is 11.2. The summed E-state index contributed by atoms with van der Waals surface area (Å²) >= 11 is 5.40. The summed E-state index contributed by atoms with van der Waals surface area (Å²) in [6.07, 6.45) is 7.77. The van der Waals surface area contributed by atoms with E-state index in [1.54, 1.807) is 0 Å².